The van der Waals surface area contributed by atoms with Crippen molar-refractivity contribution in [3.05, 3.63) is 0 Å². The van der Waals surface area contributed by atoms with E-state index in [1.165, 1.54) is 6.42 Å². The molecule has 0 radical (unpaired) electrons. The highest BCUT2D eigenvalue weighted by Crippen LogP contribution is 2.24. The van der Waals surface area contributed by atoms with E-state index in [4.69, 9.17) is 4.74 Å². The molecule has 2 unspecified atom stereocenters. The molecule has 1 aliphatic heterocycles. The van der Waals surface area contributed by atoms with Gasteiger partial charge in [-0.2, -0.15) is 0 Å². The van der Waals surface area contributed by atoms with Crippen molar-refractivity contribution in [1.29, 1.82) is 0 Å². The lowest BCUT2D eigenvalue weighted by molar-refractivity contribution is -0.0227. The Hall–Kier alpha value is -0.120. The molecule has 0 spiro atoms. The summed E-state index contributed by atoms with van der Waals surface area (Å²) in [5.74, 6) is 0.689. The van der Waals surface area contributed by atoms with Gasteiger partial charge in [-0.3, -0.25) is 4.90 Å². The van der Waals surface area contributed by atoms with Crippen molar-refractivity contribution in [3.63, 3.8) is 0 Å². The number of ether oxygens (including phenoxy) is 1. The summed E-state index contributed by atoms with van der Waals surface area (Å²) in [6.07, 6.45) is 1.20. The Kier molecular flexibility index (Phi) is 5.42. The van der Waals surface area contributed by atoms with E-state index in [2.05, 4.69) is 44.8 Å². The number of methoxy groups -OCH3 is 1. The first kappa shape index (κ1) is 14.9. The van der Waals surface area contributed by atoms with Crippen molar-refractivity contribution in [3.8, 4) is 0 Å². The van der Waals surface area contributed by atoms with E-state index in [0.717, 1.165) is 19.7 Å². The predicted molar refractivity (Wildman–Crippen MR) is 73.4 cm³/mol. The van der Waals surface area contributed by atoms with Gasteiger partial charge in [0.25, 0.3) is 0 Å². The highest BCUT2D eigenvalue weighted by molar-refractivity contribution is 4.94. The lowest BCUT2D eigenvalue weighted by Gasteiger charge is -2.49. The standard InChI is InChI=1S/C14H30N2O/c1-7-12-8-15-13(11(2)3)9-16(12)14(4,5)10-17-6/h11-13,15H,7-10H2,1-6H3. The molecular formula is C14H30N2O. The number of nitrogens with zero attached hydrogens (tertiary/aromatic N) is 1. The Morgan fingerprint density at radius 1 is 1.41 bits per heavy atom. The summed E-state index contributed by atoms with van der Waals surface area (Å²) in [4.78, 5) is 2.64. The van der Waals surface area contributed by atoms with Gasteiger partial charge in [-0.25, -0.2) is 0 Å². The van der Waals surface area contributed by atoms with E-state index in [0.29, 0.717) is 18.0 Å². The van der Waals surface area contributed by atoms with Crippen molar-refractivity contribution >= 4 is 0 Å². The molecule has 0 aromatic rings. The summed E-state index contributed by atoms with van der Waals surface area (Å²) in [5.41, 5.74) is 0.130. The molecule has 102 valence electrons. The Morgan fingerprint density at radius 3 is 2.53 bits per heavy atom. The molecule has 1 N–H and O–H groups in total. The Bertz CT molecular complexity index is 228. The topological polar surface area (TPSA) is 24.5 Å². The number of hydrogen-bond donors (Lipinski definition) is 1. The molecule has 1 fully saturated rings. The molecule has 2 atom stereocenters. The predicted octanol–water partition coefficient (Wildman–Crippen LogP) is 2.12. The lowest BCUT2D eigenvalue weighted by Crippen LogP contribution is -2.64. The summed E-state index contributed by atoms with van der Waals surface area (Å²) in [5, 5.41) is 3.68. The maximum absolute atomic E-state index is 5.39. The van der Waals surface area contributed by atoms with Crippen LogP contribution in [0.15, 0.2) is 0 Å². The minimum absolute atomic E-state index is 0.130. The van der Waals surface area contributed by atoms with Crippen LogP contribution in [0.2, 0.25) is 0 Å². The summed E-state index contributed by atoms with van der Waals surface area (Å²) in [6.45, 7) is 14.5. The van der Waals surface area contributed by atoms with Gasteiger partial charge in [0, 0.05) is 37.8 Å². The molecule has 0 aromatic carbocycles. The van der Waals surface area contributed by atoms with Crippen LogP contribution >= 0.6 is 0 Å². The van der Waals surface area contributed by atoms with Crippen molar-refractivity contribution < 1.29 is 4.74 Å². The van der Waals surface area contributed by atoms with Gasteiger partial charge < -0.3 is 10.1 Å². The molecule has 3 nitrogen and oxygen atoms in total. The van der Waals surface area contributed by atoms with E-state index in [1.54, 1.807) is 7.11 Å². The summed E-state index contributed by atoms with van der Waals surface area (Å²) < 4.78 is 5.39. The zero-order valence-corrected chi connectivity index (χ0v) is 12.4. The minimum Gasteiger partial charge on any atom is -0.383 e. The Morgan fingerprint density at radius 2 is 2.06 bits per heavy atom. The molecular weight excluding hydrogens is 212 g/mol. The molecule has 0 aromatic heterocycles. The summed E-state index contributed by atoms with van der Waals surface area (Å²) in [6, 6.07) is 1.24. The van der Waals surface area contributed by atoms with Crippen molar-refractivity contribution in [1.82, 2.24) is 10.2 Å². The van der Waals surface area contributed by atoms with E-state index >= 15 is 0 Å². The van der Waals surface area contributed by atoms with Gasteiger partial charge in [0.1, 0.15) is 0 Å². The molecule has 1 saturated heterocycles. The summed E-state index contributed by atoms with van der Waals surface area (Å²) in [7, 11) is 1.80. The maximum atomic E-state index is 5.39. The average molecular weight is 242 g/mol. The van der Waals surface area contributed by atoms with Crippen LogP contribution in [0.25, 0.3) is 0 Å². The molecule has 0 amide bonds. The number of rotatable bonds is 5. The largest absolute Gasteiger partial charge is 0.383 e. The fraction of sp³-hybridized carbons (Fsp3) is 1.00. The third-order valence-corrected chi connectivity index (χ3v) is 4.00. The van der Waals surface area contributed by atoms with E-state index in [-0.39, 0.29) is 5.54 Å². The fourth-order valence-electron chi connectivity index (χ4n) is 2.81. The number of nitrogens with one attached hydrogen (secondary N) is 1. The number of piperazine rings is 1. The molecule has 0 saturated carbocycles. The van der Waals surface area contributed by atoms with Crippen molar-refractivity contribution in [2.75, 3.05) is 26.8 Å². The van der Waals surface area contributed by atoms with Crippen LogP contribution in [0, 0.1) is 5.92 Å². The highest BCUT2D eigenvalue weighted by Gasteiger charge is 2.37. The molecule has 1 heterocycles. The smallest absolute Gasteiger partial charge is 0.0641 e. The third kappa shape index (κ3) is 3.67. The van der Waals surface area contributed by atoms with Gasteiger partial charge in [-0.15, -0.1) is 0 Å². The van der Waals surface area contributed by atoms with Gasteiger partial charge >= 0.3 is 0 Å². The first-order chi connectivity index (χ1) is 7.92. The van der Waals surface area contributed by atoms with E-state index in [1.807, 2.05) is 0 Å². The first-order valence-electron chi connectivity index (χ1n) is 6.91. The van der Waals surface area contributed by atoms with Crippen LogP contribution in [-0.2, 0) is 4.74 Å². The van der Waals surface area contributed by atoms with Gasteiger partial charge in [0.15, 0.2) is 0 Å². The fourth-order valence-corrected chi connectivity index (χ4v) is 2.81. The SMILES string of the molecule is CCC1CNC(C(C)C)CN1C(C)(C)COC. The monoisotopic (exact) mass is 242 g/mol. The van der Waals surface area contributed by atoms with E-state index < -0.39 is 0 Å². The first-order valence-corrected chi connectivity index (χ1v) is 6.91. The van der Waals surface area contributed by atoms with Crippen LogP contribution in [-0.4, -0.2) is 49.3 Å². The van der Waals surface area contributed by atoms with Gasteiger partial charge in [0.2, 0.25) is 0 Å². The van der Waals surface area contributed by atoms with Crippen LogP contribution in [0.4, 0.5) is 0 Å². The minimum atomic E-state index is 0.130. The highest BCUT2D eigenvalue weighted by atomic mass is 16.5. The molecule has 0 aliphatic carbocycles. The molecule has 1 rings (SSSR count). The summed E-state index contributed by atoms with van der Waals surface area (Å²) >= 11 is 0. The Labute approximate surface area is 107 Å². The second-order valence-corrected chi connectivity index (χ2v) is 6.22. The second-order valence-electron chi connectivity index (χ2n) is 6.22. The van der Waals surface area contributed by atoms with E-state index in [9.17, 15) is 0 Å². The zero-order valence-electron chi connectivity index (χ0n) is 12.4. The van der Waals surface area contributed by atoms with Crippen molar-refractivity contribution in [2.45, 2.75) is 58.7 Å². The van der Waals surface area contributed by atoms with Crippen molar-refractivity contribution in [2.24, 2.45) is 5.92 Å². The van der Waals surface area contributed by atoms with Crippen LogP contribution < -0.4 is 5.32 Å². The van der Waals surface area contributed by atoms with Gasteiger partial charge in [-0.05, 0) is 26.2 Å². The Balaban J connectivity index is 2.75. The molecule has 0 bridgehead atoms. The zero-order chi connectivity index (χ0) is 13.1. The van der Waals surface area contributed by atoms with Crippen LogP contribution in [0.5, 0.6) is 0 Å². The maximum Gasteiger partial charge on any atom is 0.0641 e. The number of hydrogen-bond acceptors (Lipinski definition) is 3. The molecule has 1 aliphatic rings. The normalized spacial score (nSPS) is 27.7. The average Bonchev–Trinajstić information content (AvgIpc) is 2.28. The molecule has 17 heavy (non-hydrogen) atoms. The van der Waals surface area contributed by atoms with Gasteiger partial charge in [0.05, 0.1) is 6.61 Å². The third-order valence-electron chi connectivity index (χ3n) is 4.00. The van der Waals surface area contributed by atoms with Gasteiger partial charge in [-0.1, -0.05) is 20.8 Å². The lowest BCUT2D eigenvalue weighted by atomic mass is 9.92. The molecule has 3 heteroatoms. The quantitative estimate of drug-likeness (QED) is 0.799. The van der Waals surface area contributed by atoms with Crippen LogP contribution in [0.3, 0.4) is 0 Å². The van der Waals surface area contributed by atoms with Crippen LogP contribution in [0.1, 0.15) is 41.0 Å². The second kappa shape index (κ2) is 6.17.